The average Bonchev–Trinajstić information content (AvgIpc) is 3.11. The maximum Gasteiger partial charge on any atom is 0.305 e. The van der Waals surface area contributed by atoms with Crippen LogP contribution in [0.4, 0.5) is 0 Å². The van der Waals surface area contributed by atoms with Crippen LogP contribution >= 0.6 is 0 Å². The molecule has 0 amide bonds. The van der Waals surface area contributed by atoms with Crippen LogP contribution in [-0.4, -0.2) is 27.7 Å². The predicted octanol–water partition coefficient (Wildman–Crippen LogP) is 4.29. The van der Waals surface area contributed by atoms with Crippen LogP contribution in [0.5, 0.6) is 5.75 Å². The maximum atomic E-state index is 10.7. The van der Waals surface area contributed by atoms with Crippen molar-refractivity contribution in [2.75, 3.05) is 6.61 Å². The lowest BCUT2D eigenvalue weighted by molar-refractivity contribution is -0.137. The van der Waals surface area contributed by atoms with E-state index in [0.29, 0.717) is 5.82 Å². The molecule has 1 unspecified atom stereocenters. The summed E-state index contributed by atoms with van der Waals surface area (Å²) in [5, 5.41) is 8.81. The highest BCUT2D eigenvalue weighted by Crippen LogP contribution is 2.22. The van der Waals surface area contributed by atoms with Crippen molar-refractivity contribution < 1.29 is 14.6 Å². The predicted molar refractivity (Wildman–Crippen MR) is 102 cm³/mol. The second kappa shape index (κ2) is 10.6. The molecule has 0 radical (unpaired) electrons. The van der Waals surface area contributed by atoms with Crippen molar-refractivity contribution in [3.8, 4) is 17.0 Å². The van der Waals surface area contributed by atoms with Gasteiger partial charge in [0.1, 0.15) is 11.6 Å². The van der Waals surface area contributed by atoms with Crippen LogP contribution in [0.25, 0.3) is 11.3 Å². The molecule has 1 aromatic heterocycles. The third-order valence-corrected chi connectivity index (χ3v) is 4.26. The van der Waals surface area contributed by atoms with E-state index in [-0.39, 0.29) is 6.42 Å². The van der Waals surface area contributed by atoms with E-state index in [1.807, 2.05) is 24.3 Å². The Hall–Kier alpha value is -2.34. The van der Waals surface area contributed by atoms with E-state index >= 15 is 0 Å². The van der Waals surface area contributed by atoms with Crippen LogP contribution in [0, 0.1) is 0 Å². The Balaban J connectivity index is 1.80. The van der Waals surface area contributed by atoms with Crippen molar-refractivity contribution >= 4 is 5.97 Å². The van der Waals surface area contributed by atoms with E-state index in [0.717, 1.165) is 30.0 Å². The van der Waals surface area contributed by atoms with Gasteiger partial charge in [0.15, 0.2) is 0 Å². The first-order chi connectivity index (χ1) is 12.6. The fourth-order valence-electron chi connectivity index (χ4n) is 2.75. The molecule has 0 saturated heterocycles. The van der Waals surface area contributed by atoms with Gasteiger partial charge in [-0.3, -0.25) is 4.79 Å². The molecule has 2 rings (SSSR count). The van der Waals surface area contributed by atoms with Gasteiger partial charge in [-0.2, -0.15) is 0 Å². The maximum absolute atomic E-state index is 10.7. The summed E-state index contributed by atoms with van der Waals surface area (Å²) in [6.07, 6.45) is 9.06. The summed E-state index contributed by atoms with van der Waals surface area (Å²) >= 11 is 0. The van der Waals surface area contributed by atoms with Gasteiger partial charge in [0, 0.05) is 11.8 Å². The number of benzene rings is 1. The number of imidazole rings is 1. The number of aromatic nitrogens is 2. The molecule has 0 saturated carbocycles. The molecule has 1 heterocycles. The zero-order valence-electron chi connectivity index (χ0n) is 15.4. The molecule has 4 N–H and O–H groups in total. The number of nitrogens with zero attached hydrogens (tertiary/aromatic N) is 1. The largest absolute Gasteiger partial charge is 0.494 e. The van der Waals surface area contributed by atoms with Gasteiger partial charge in [-0.15, -0.1) is 0 Å². The molecule has 0 bridgehead atoms. The van der Waals surface area contributed by atoms with Gasteiger partial charge in [0.05, 0.1) is 24.8 Å². The zero-order valence-corrected chi connectivity index (χ0v) is 15.4. The first-order valence-electron chi connectivity index (χ1n) is 9.36. The first kappa shape index (κ1) is 20.0. The number of ether oxygens (including phenoxy) is 1. The lowest BCUT2D eigenvalue weighted by Gasteiger charge is -2.07. The van der Waals surface area contributed by atoms with Gasteiger partial charge in [-0.1, -0.05) is 39.0 Å². The molecule has 0 aliphatic carbocycles. The molecular formula is C20H29N3O3. The smallest absolute Gasteiger partial charge is 0.305 e. The van der Waals surface area contributed by atoms with Gasteiger partial charge in [-0.05, 0) is 30.7 Å². The standard InChI is InChI=1S/C20H29N3O3/c1-2-3-4-5-6-7-12-26-16-10-8-15(9-11-16)18-14-22-20(23-18)17(21)13-19(24)25/h8-11,14,17H,2-7,12-13,21H2,1H3,(H,22,23)(H,24,25). The number of aliphatic carboxylic acids is 1. The number of nitrogens with one attached hydrogen (secondary N) is 1. The summed E-state index contributed by atoms with van der Waals surface area (Å²) in [5.41, 5.74) is 7.49. The number of nitrogens with two attached hydrogens (primary N) is 1. The van der Waals surface area contributed by atoms with E-state index in [1.165, 1.54) is 32.1 Å². The van der Waals surface area contributed by atoms with Gasteiger partial charge in [-0.25, -0.2) is 4.98 Å². The third-order valence-electron chi connectivity index (χ3n) is 4.26. The fourth-order valence-corrected chi connectivity index (χ4v) is 2.75. The van der Waals surface area contributed by atoms with E-state index < -0.39 is 12.0 Å². The second-order valence-electron chi connectivity index (χ2n) is 6.52. The number of carbonyl (C=O) groups is 1. The van der Waals surface area contributed by atoms with Crippen LogP contribution in [0.3, 0.4) is 0 Å². The Kier molecular flexibility index (Phi) is 8.15. The Morgan fingerprint density at radius 1 is 1.19 bits per heavy atom. The number of carboxylic acid groups (broad SMARTS) is 1. The molecule has 0 spiro atoms. The van der Waals surface area contributed by atoms with Gasteiger partial charge < -0.3 is 20.6 Å². The van der Waals surface area contributed by atoms with Crippen molar-refractivity contribution in [2.45, 2.75) is 57.9 Å². The number of hydrogen-bond acceptors (Lipinski definition) is 4. The summed E-state index contributed by atoms with van der Waals surface area (Å²) in [6.45, 7) is 2.96. The summed E-state index contributed by atoms with van der Waals surface area (Å²) in [7, 11) is 0. The summed E-state index contributed by atoms with van der Waals surface area (Å²) in [6, 6.07) is 7.11. The Bertz CT molecular complexity index is 667. The molecule has 0 aliphatic heterocycles. The van der Waals surface area contributed by atoms with E-state index in [9.17, 15) is 4.79 Å². The molecule has 1 aromatic carbocycles. The number of hydrogen-bond donors (Lipinski definition) is 3. The van der Waals surface area contributed by atoms with Crippen LogP contribution in [0.15, 0.2) is 30.5 Å². The molecule has 6 nitrogen and oxygen atoms in total. The van der Waals surface area contributed by atoms with Crippen molar-refractivity contribution in [1.82, 2.24) is 9.97 Å². The summed E-state index contributed by atoms with van der Waals surface area (Å²) in [5.74, 6) is 0.383. The number of aromatic amines is 1. The van der Waals surface area contributed by atoms with E-state index in [1.54, 1.807) is 6.20 Å². The van der Waals surface area contributed by atoms with E-state index in [4.69, 9.17) is 15.6 Å². The van der Waals surface area contributed by atoms with Crippen molar-refractivity contribution in [3.63, 3.8) is 0 Å². The van der Waals surface area contributed by atoms with E-state index in [2.05, 4.69) is 16.9 Å². The molecule has 0 aliphatic rings. The molecule has 142 valence electrons. The number of rotatable bonds is 12. The number of unbranched alkanes of at least 4 members (excludes halogenated alkanes) is 5. The Labute approximate surface area is 154 Å². The lowest BCUT2D eigenvalue weighted by atomic mass is 10.1. The number of carboxylic acids is 1. The summed E-state index contributed by atoms with van der Waals surface area (Å²) < 4.78 is 5.78. The minimum absolute atomic E-state index is 0.155. The highest BCUT2D eigenvalue weighted by atomic mass is 16.5. The molecule has 0 fully saturated rings. The minimum Gasteiger partial charge on any atom is -0.494 e. The van der Waals surface area contributed by atoms with Crippen molar-refractivity contribution in [2.24, 2.45) is 5.73 Å². The topological polar surface area (TPSA) is 101 Å². The third kappa shape index (κ3) is 6.52. The fraction of sp³-hybridized carbons (Fsp3) is 0.500. The van der Waals surface area contributed by atoms with Gasteiger partial charge in [0.2, 0.25) is 0 Å². The van der Waals surface area contributed by atoms with Crippen LogP contribution in [-0.2, 0) is 4.79 Å². The molecule has 1 atom stereocenters. The van der Waals surface area contributed by atoms with Gasteiger partial charge in [0.25, 0.3) is 0 Å². The first-order valence-corrected chi connectivity index (χ1v) is 9.36. The molecule has 26 heavy (non-hydrogen) atoms. The average molecular weight is 359 g/mol. The van der Waals surface area contributed by atoms with Gasteiger partial charge >= 0.3 is 5.97 Å². The highest BCUT2D eigenvalue weighted by molar-refractivity contribution is 5.67. The molecule has 2 aromatic rings. The van der Waals surface area contributed by atoms with Crippen LogP contribution < -0.4 is 10.5 Å². The minimum atomic E-state index is -0.942. The van der Waals surface area contributed by atoms with Crippen molar-refractivity contribution in [1.29, 1.82) is 0 Å². The Morgan fingerprint density at radius 2 is 1.88 bits per heavy atom. The highest BCUT2D eigenvalue weighted by Gasteiger charge is 2.14. The van der Waals surface area contributed by atoms with Crippen LogP contribution in [0.2, 0.25) is 0 Å². The second-order valence-corrected chi connectivity index (χ2v) is 6.52. The quantitative estimate of drug-likeness (QED) is 0.491. The normalized spacial score (nSPS) is 12.1. The number of H-pyrrole nitrogens is 1. The molecular weight excluding hydrogens is 330 g/mol. The lowest BCUT2D eigenvalue weighted by Crippen LogP contribution is -2.16. The molecule has 6 heteroatoms. The van der Waals surface area contributed by atoms with Crippen LogP contribution in [0.1, 0.15) is 63.7 Å². The zero-order chi connectivity index (χ0) is 18.8. The van der Waals surface area contributed by atoms with Crippen molar-refractivity contribution in [3.05, 3.63) is 36.3 Å². The SMILES string of the molecule is CCCCCCCCOc1ccc(-c2c[nH]c(C(N)CC(=O)O)n2)cc1. The Morgan fingerprint density at radius 3 is 2.58 bits per heavy atom. The summed E-state index contributed by atoms with van der Waals surface area (Å²) in [4.78, 5) is 18.1. The monoisotopic (exact) mass is 359 g/mol.